The minimum Gasteiger partial charge on any atom is -0.494 e. The van der Waals surface area contributed by atoms with Gasteiger partial charge in [-0.1, -0.05) is 20.8 Å². The number of benzene rings is 2. The number of aliphatic carboxylic acids is 1. The van der Waals surface area contributed by atoms with Crippen LogP contribution in [0, 0.1) is 11.3 Å². The zero-order chi connectivity index (χ0) is 26.1. The van der Waals surface area contributed by atoms with Crippen molar-refractivity contribution in [3.8, 4) is 5.75 Å². The molecule has 9 heteroatoms. The molecule has 36 heavy (non-hydrogen) atoms. The summed E-state index contributed by atoms with van der Waals surface area (Å²) in [5.41, 5.74) is 1.59. The van der Waals surface area contributed by atoms with Crippen LogP contribution in [-0.2, 0) is 11.0 Å². The zero-order valence-electron chi connectivity index (χ0n) is 20.7. The van der Waals surface area contributed by atoms with Gasteiger partial charge < -0.3 is 19.7 Å². The van der Waals surface area contributed by atoms with Gasteiger partial charge in [-0.25, -0.2) is 4.98 Å². The highest BCUT2D eigenvalue weighted by Gasteiger charge is 2.35. The third kappa shape index (κ3) is 6.12. The van der Waals surface area contributed by atoms with Gasteiger partial charge in [-0.15, -0.1) is 0 Å². The first kappa shape index (κ1) is 25.9. The van der Waals surface area contributed by atoms with E-state index in [0.29, 0.717) is 35.2 Å². The van der Waals surface area contributed by atoms with Gasteiger partial charge in [0.2, 0.25) is 5.95 Å². The van der Waals surface area contributed by atoms with Crippen molar-refractivity contribution in [1.82, 2.24) is 9.55 Å². The van der Waals surface area contributed by atoms with Gasteiger partial charge >= 0.3 is 12.1 Å². The second-order valence-electron chi connectivity index (χ2n) is 10.6. The lowest BCUT2D eigenvalue weighted by Crippen LogP contribution is -2.29. The fourth-order valence-corrected chi connectivity index (χ4v) is 5.40. The molecule has 1 aliphatic rings. The van der Waals surface area contributed by atoms with E-state index in [0.717, 1.165) is 36.9 Å². The van der Waals surface area contributed by atoms with Crippen molar-refractivity contribution in [1.29, 1.82) is 0 Å². The highest BCUT2D eigenvalue weighted by molar-refractivity contribution is 5.81. The molecule has 194 valence electrons. The fourth-order valence-electron chi connectivity index (χ4n) is 5.40. The number of alkyl halides is 3. The molecule has 1 fully saturated rings. The second kappa shape index (κ2) is 10.0. The maximum atomic E-state index is 13.0. The molecule has 0 amide bonds. The Hall–Kier alpha value is -3.23. The minimum atomic E-state index is -4.39. The average molecular weight is 504 g/mol. The highest BCUT2D eigenvalue weighted by Crippen LogP contribution is 2.46. The zero-order valence-corrected chi connectivity index (χ0v) is 20.7. The Morgan fingerprint density at radius 3 is 2.56 bits per heavy atom. The monoisotopic (exact) mass is 503 g/mol. The molecule has 0 radical (unpaired) electrons. The molecule has 2 N–H and O–H groups in total. The van der Waals surface area contributed by atoms with Crippen molar-refractivity contribution >= 4 is 28.6 Å². The van der Waals surface area contributed by atoms with Crippen molar-refractivity contribution < 1.29 is 27.8 Å². The standard InChI is InChI=1S/C27H32F3N3O3/c1-17-13-20(16-26(2,3)15-17)33-23-11-10-21(36-12-4-5-24(34)35)14-22(23)32-25(33)31-19-8-6-18(7-9-19)27(28,29)30/h6-11,14,17,20H,4-5,12-13,15-16H2,1-3H3,(H,31,32)(H,34,35). The molecule has 6 nitrogen and oxygen atoms in total. The summed E-state index contributed by atoms with van der Waals surface area (Å²) in [6.07, 6.45) is -0.893. The van der Waals surface area contributed by atoms with Crippen molar-refractivity contribution in [3.63, 3.8) is 0 Å². The number of anilines is 2. The van der Waals surface area contributed by atoms with Gasteiger partial charge in [-0.3, -0.25) is 4.79 Å². The molecule has 2 aromatic carbocycles. The minimum absolute atomic E-state index is 0.0354. The van der Waals surface area contributed by atoms with Crippen LogP contribution in [-0.4, -0.2) is 27.2 Å². The van der Waals surface area contributed by atoms with E-state index in [1.807, 2.05) is 18.2 Å². The number of nitrogens with zero attached hydrogens (tertiary/aromatic N) is 2. The van der Waals surface area contributed by atoms with Crippen LogP contribution in [0.15, 0.2) is 42.5 Å². The van der Waals surface area contributed by atoms with Crippen LogP contribution in [0.4, 0.5) is 24.8 Å². The van der Waals surface area contributed by atoms with Crippen LogP contribution >= 0.6 is 0 Å². The van der Waals surface area contributed by atoms with Crippen LogP contribution in [0.3, 0.4) is 0 Å². The number of nitrogens with one attached hydrogen (secondary N) is 1. The van der Waals surface area contributed by atoms with Crippen molar-refractivity contribution in [2.75, 3.05) is 11.9 Å². The van der Waals surface area contributed by atoms with E-state index >= 15 is 0 Å². The molecule has 0 bridgehead atoms. The first-order valence-electron chi connectivity index (χ1n) is 12.2. The summed E-state index contributed by atoms with van der Waals surface area (Å²) in [5, 5.41) is 12.1. The normalized spacial score (nSPS) is 19.8. The number of hydrogen-bond acceptors (Lipinski definition) is 4. The largest absolute Gasteiger partial charge is 0.494 e. The average Bonchev–Trinajstić information content (AvgIpc) is 3.12. The van der Waals surface area contributed by atoms with Gasteiger partial charge in [0.05, 0.1) is 23.2 Å². The summed E-state index contributed by atoms with van der Waals surface area (Å²) >= 11 is 0. The number of aromatic nitrogens is 2. The van der Waals surface area contributed by atoms with Crippen LogP contribution in [0.5, 0.6) is 5.75 Å². The topological polar surface area (TPSA) is 76.4 Å². The molecular formula is C27H32F3N3O3. The van der Waals surface area contributed by atoms with Crippen LogP contribution in [0.25, 0.3) is 11.0 Å². The lowest BCUT2D eigenvalue weighted by Gasteiger charge is -2.40. The van der Waals surface area contributed by atoms with Crippen molar-refractivity contribution in [2.24, 2.45) is 11.3 Å². The number of carboxylic acid groups (broad SMARTS) is 1. The Morgan fingerprint density at radius 2 is 1.92 bits per heavy atom. The summed E-state index contributed by atoms with van der Waals surface area (Å²) in [4.78, 5) is 15.5. The maximum absolute atomic E-state index is 13.0. The quantitative estimate of drug-likeness (QED) is 0.313. The van der Waals surface area contributed by atoms with Crippen molar-refractivity contribution in [3.05, 3.63) is 48.0 Å². The van der Waals surface area contributed by atoms with E-state index in [1.54, 1.807) is 0 Å². The Bertz CT molecular complexity index is 1220. The number of fused-ring (bicyclic) bond motifs is 1. The summed E-state index contributed by atoms with van der Waals surface area (Å²) in [6, 6.07) is 10.7. The predicted octanol–water partition coefficient (Wildman–Crippen LogP) is 7.43. The van der Waals surface area contributed by atoms with E-state index in [2.05, 4.69) is 30.7 Å². The molecule has 2 unspecified atom stereocenters. The maximum Gasteiger partial charge on any atom is 0.416 e. The fraction of sp³-hybridized carbons (Fsp3) is 0.481. The van der Waals surface area contributed by atoms with E-state index in [4.69, 9.17) is 14.8 Å². The summed E-state index contributed by atoms with van der Waals surface area (Å²) < 4.78 is 46.9. The molecule has 3 aromatic rings. The van der Waals surface area contributed by atoms with E-state index in [9.17, 15) is 18.0 Å². The SMILES string of the molecule is CC1CC(n2c(Nc3ccc(C(F)(F)F)cc3)nc3cc(OCCCC(=O)O)ccc32)CC(C)(C)C1. The number of hydrogen-bond donors (Lipinski definition) is 2. The van der Waals surface area contributed by atoms with Gasteiger partial charge in [-0.2, -0.15) is 13.2 Å². The van der Waals surface area contributed by atoms with Gasteiger partial charge in [0, 0.05) is 24.2 Å². The van der Waals surface area contributed by atoms with Gasteiger partial charge in [0.1, 0.15) is 5.75 Å². The lowest BCUT2D eigenvalue weighted by molar-refractivity contribution is -0.138. The van der Waals surface area contributed by atoms with Crippen molar-refractivity contribution in [2.45, 2.75) is 65.1 Å². The number of carbonyl (C=O) groups is 1. The van der Waals surface area contributed by atoms with Gasteiger partial charge in [0.25, 0.3) is 0 Å². The molecule has 1 aromatic heterocycles. The number of rotatable bonds is 8. The number of imidazole rings is 1. The number of ether oxygens (including phenoxy) is 1. The summed E-state index contributed by atoms with van der Waals surface area (Å²) in [6.45, 7) is 7.06. The van der Waals surface area contributed by atoms with E-state index in [-0.39, 0.29) is 24.5 Å². The highest BCUT2D eigenvalue weighted by atomic mass is 19.4. The molecule has 1 heterocycles. The third-order valence-corrected chi connectivity index (χ3v) is 6.66. The molecule has 4 rings (SSSR count). The molecule has 0 saturated heterocycles. The summed E-state index contributed by atoms with van der Waals surface area (Å²) in [5.74, 6) is 0.821. The Kier molecular flexibility index (Phi) is 7.20. The Morgan fingerprint density at radius 1 is 1.19 bits per heavy atom. The van der Waals surface area contributed by atoms with Crippen LogP contribution < -0.4 is 10.1 Å². The lowest BCUT2D eigenvalue weighted by atomic mass is 9.70. The van der Waals surface area contributed by atoms with E-state index in [1.165, 1.54) is 12.1 Å². The first-order chi connectivity index (χ1) is 16.9. The summed E-state index contributed by atoms with van der Waals surface area (Å²) in [7, 11) is 0. The predicted molar refractivity (Wildman–Crippen MR) is 133 cm³/mol. The third-order valence-electron chi connectivity index (χ3n) is 6.66. The molecule has 0 spiro atoms. The number of carboxylic acids is 1. The molecule has 0 aliphatic heterocycles. The van der Waals surface area contributed by atoms with E-state index < -0.39 is 17.7 Å². The molecular weight excluding hydrogens is 471 g/mol. The molecule has 1 saturated carbocycles. The molecule has 2 atom stereocenters. The molecule has 1 aliphatic carbocycles. The number of halogens is 3. The van der Waals surface area contributed by atoms with Gasteiger partial charge in [0.15, 0.2) is 0 Å². The van der Waals surface area contributed by atoms with Gasteiger partial charge in [-0.05, 0) is 73.4 Å². The second-order valence-corrected chi connectivity index (χ2v) is 10.6. The van der Waals surface area contributed by atoms with Crippen LogP contribution in [0.2, 0.25) is 0 Å². The first-order valence-corrected chi connectivity index (χ1v) is 12.2. The smallest absolute Gasteiger partial charge is 0.416 e. The Balaban J connectivity index is 1.67. The van der Waals surface area contributed by atoms with Crippen LogP contribution in [0.1, 0.15) is 64.5 Å². The Labute approximate surface area is 208 Å².